The molecule has 35 heavy (non-hydrogen) atoms. The molecule has 0 heterocycles. The van der Waals surface area contributed by atoms with Crippen LogP contribution in [0.4, 0.5) is 4.79 Å². The molecule has 2 N–H and O–H groups in total. The third kappa shape index (κ3) is 7.41. The summed E-state index contributed by atoms with van der Waals surface area (Å²) in [6, 6.07) is 8.30. The minimum atomic E-state index is -0.571. The second-order valence-corrected chi connectivity index (χ2v) is 11.6. The molecule has 1 aliphatic carbocycles. The van der Waals surface area contributed by atoms with Gasteiger partial charge in [-0.2, -0.15) is 0 Å². The molecule has 0 bridgehead atoms. The lowest BCUT2D eigenvalue weighted by Crippen LogP contribution is -2.44. The summed E-state index contributed by atoms with van der Waals surface area (Å²) >= 11 is 0. The van der Waals surface area contributed by atoms with E-state index in [2.05, 4.69) is 70.9 Å². The average Bonchev–Trinajstić information content (AvgIpc) is 2.79. The Morgan fingerprint density at radius 3 is 1.94 bits per heavy atom. The maximum absolute atomic E-state index is 12.6. The molecule has 1 amide bonds. The number of ether oxygens (including phenoxy) is 2. The Hall–Kier alpha value is -2.17. The van der Waals surface area contributed by atoms with Crippen LogP contribution in [-0.2, 0) is 20.6 Å². The predicted octanol–water partition coefficient (Wildman–Crippen LogP) is 7.76. The maximum atomic E-state index is 12.6. The van der Waals surface area contributed by atoms with E-state index in [-0.39, 0.29) is 16.9 Å². The van der Waals surface area contributed by atoms with Gasteiger partial charge in [0.1, 0.15) is 0 Å². The van der Waals surface area contributed by atoms with Gasteiger partial charge in [-0.15, -0.1) is 0 Å². The van der Waals surface area contributed by atoms with Gasteiger partial charge in [-0.1, -0.05) is 58.4 Å². The van der Waals surface area contributed by atoms with Crippen molar-refractivity contribution in [1.29, 1.82) is 0 Å². The van der Waals surface area contributed by atoms with Crippen molar-refractivity contribution < 1.29 is 14.3 Å². The summed E-state index contributed by atoms with van der Waals surface area (Å²) in [6.45, 7) is 22.4. The molecular weight excluding hydrogens is 436 g/mol. The number of carbonyl (C=O) groups excluding carboxylic acids is 1. The Kier molecular flexibility index (Phi) is 9.72. The zero-order valence-electron chi connectivity index (χ0n) is 23.6. The average molecular weight is 487 g/mol. The smallest absolute Gasteiger partial charge is 0.407 e. The van der Waals surface area contributed by atoms with Crippen molar-refractivity contribution in [3.8, 4) is 0 Å². The van der Waals surface area contributed by atoms with E-state index < -0.39 is 11.1 Å². The number of amides is 1. The van der Waals surface area contributed by atoms with Crippen molar-refractivity contribution in [2.45, 2.75) is 111 Å². The number of rotatable bonds is 14. The van der Waals surface area contributed by atoms with E-state index in [1.54, 1.807) is 0 Å². The van der Waals surface area contributed by atoms with E-state index in [1.807, 2.05) is 26.0 Å². The van der Waals surface area contributed by atoms with Crippen molar-refractivity contribution in [2.75, 3.05) is 13.2 Å². The lowest BCUT2D eigenvalue weighted by Gasteiger charge is -2.40. The molecule has 0 radical (unpaired) electrons. The number of benzene rings is 1. The van der Waals surface area contributed by atoms with E-state index in [0.717, 1.165) is 49.7 Å². The summed E-state index contributed by atoms with van der Waals surface area (Å²) < 4.78 is 11.7. The van der Waals surface area contributed by atoms with Gasteiger partial charge in [-0.3, -0.25) is 0 Å². The highest BCUT2D eigenvalue weighted by Crippen LogP contribution is 2.44. The van der Waals surface area contributed by atoms with Crippen molar-refractivity contribution in [3.63, 3.8) is 0 Å². The van der Waals surface area contributed by atoms with Crippen LogP contribution in [0.3, 0.4) is 0 Å². The molecule has 0 atom stereocenters. The molecule has 1 saturated carbocycles. The van der Waals surface area contributed by atoms with Gasteiger partial charge in [-0.05, 0) is 83.9 Å². The Balaban J connectivity index is 2.02. The molecular formula is C30H50N2O3. The van der Waals surface area contributed by atoms with Crippen LogP contribution in [0.1, 0.15) is 111 Å². The second-order valence-electron chi connectivity index (χ2n) is 11.6. The summed E-state index contributed by atoms with van der Waals surface area (Å²) in [5, 5.41) is 6.53. The summed E-state index contributed by atoms with van der Waals surface area (Å²) in [7, 11) is 0. The lowest BCUT2D eigenvalue weighted by atomic mass is 9.68. The molecule has 1 aliphatic rings. The third-order valence-corrected chi connectivity index (χ3v) is 8.65. The highest BCUT2D eigenvalue weighted by Gasteiger charge is 2.37. The molecule has 1 aromatic rings. The number of carbonyl (C=O) groups is 1. The molecule has 0 aromatic heterocycles. The first-order valence-electron chi connectivity index (χ1n) is 13.5. The van der Waals surface area contributed by atoms with Crippen molar-refractivity contribution in [2.24, 2.45) is 10.8 Å². The van der Waals surface area contributed by atoms with Gasteiger partial charge in [0.25, 0.3) is 0 Å². The van der Waals surface area contributed by atoms with E-state index in [9.17, 15) is 4.79 Å². The number of nitrogens with one attached hydrogen (secondary N) is 2. The second kappa shape index (κ2) is 11.7. The molecule has 1 fully saturated rings. The van der Waals surface area contributed by atoms with Crippen LogP contribution in [0.2, 0.25) is 0 Å². The van der Waals surface area contributed by atoms with Gasteiger partial charge in [0.15, 0.2) is 5.88 Å². The van der Waals surface area contributed by atoms with Crippen LogP contribution < -0.4 is 10.6 Å². The zero-order chi connectivity index (χ0) is 26.3. The fourth-order valence-electron chi connectivity index (χ4n) is 4.91. The molecule has 2 rings (SSSR count). The highest BCUT2D eigenvalue weighted by molar-refractivity contribution is 5.68. The van der Waals surface area contributed by atoms with Crippen LogP contribution in [0.25, 0.3) is 0 Å². The number of alkyl carbamates (subject to hydrolysis) is 1. The summed E-state index contributed by atoms with van der Waals surface area (Å²) in [6.07, 6.45) is 7.48. The lowest BCUT2D eigenvalue weighted by molar-refractivity contribution is 0.0215. The third-order valence-electron chi connectivity index (χ3n) is 8.65. The van der Waals surface area contributed by atoms with Crippen LogP contribution in [-0.4, -0.2) is 19.3 Å². The van der Waals surface area contributed by atoms with E-state index in [0.29, 0.717) is 19.1 Å². The fraction of sp³-hybridized carbons (Fsp3) is 0.700. The monoisotopic (exact) mass is 486 g/mol. The van der Waals surface area contributed by atoms with Gasteiger partial charge >= 0.3 is 6.09 Å². The topological polar surface area (TPSA) is 59.6 Å². The standard InChI is InChI=1S/C30H50N2O3/c1-10-29(11-2,12-3)21-34-23(5)31-27(6,7)24-16-14-17-25(20-24)28(8,9)32-26(33)35-22-30(13-4)18-15-19-30/h14,16-17,20,31H,5,10-13,15,18-19,21-22H2,1-4,6-9H3,(H,32,33). The van der Waals surface area contributed by atoms with E-state index in [1.165, 1.54) is 6.42 Å². The molecule has 5 heteroatoms. The Morgan fingerprint density at radius 1 is 0.943 bits per heavy atom. The molecule has 1 aromatic carbocycles. The molecule has 0 spiro atoms. The van der Waals surface area contributed by atoms with Crippen LogP contribution in [0.15, 0.2) is 36.7 Å². The SMILES string of the molecule is C=C(NC(C)(C)c1cccc(C(C)(C)NC(=O)OCC2(CC)CCC2)c1)OCC(CC)(CC)CC. The summed E-state index contributed by atoms with van der Waals surface area (Å²) in [5.41, 5.74) is 1.52. The van der Waals surface area contributed by atoms with Crippen molar-refractivity contribution >= 4 is 6.09 Å². The molecule has 0 unspecified atom stereocenters. The zero-order valence-corrected chi connectivity index (χ0v) is 23.6. The van der Waals surface area contributed by atoms with E-state index in [4.69, 9.17) is 9.47 Å². The van der Waals surface area contributed by atoms with Crippen molar-refractivity contribution in [3.05, 3.63) is 47.9 Å². The predicted molar refractivity (Wildman–Crippen MR) is 145 cm³/mol. The molecule has 0 aliphatic heterocycles. The number of hydrogen-bond donors (Lipinski definition) is 2. The number of hydrogen-bond acceptors (Lipinski definition) is 4. The maximum Gasteiger partial charge on any atom is 0.407 e. The Labute approximate surface area is 214 Å². The highest BCUT2D eigenvalue weighted by atomic mass is 16.5. The quantitative estimate of drug-likeness (QED) is 0.264. The molecule has 0 saturated heterocycles. The van der Waals surface area contributed by atoms with Gasteiger partial charge in [-0.25, -0.2) is 4.79 Å². The normalized spacial score (nSPS) is 15.7. The van der Waals surface area contributed by atoms with Gasteiger partial charge in [0.05, 0.1) is 24.3 Å². The Bertz CT molecular complexity index is 837. The first kappa shape index (κ1) is 29.1. The first-order chi connectivity index (χ1) is 16.4. The largest absolute Gasteiger partial charge is 0.479 e. The van der Waals surface area contributed by atoms with Crippen LogP contribution in [0.5, 0.6) is 0 Å². The summed E-state index contributed by atoms with van der Waals surface area (Å²) in [5.74, 6) is 0.585. The fourth-order valence-corrected chi connectivity index (χ4v) is 4.91. The van der Waals surface area contributed by atoms with Gasteiger partial charge < -0.3 is 20.1 Å². The summed E-state index contributed by atoms with van der Waals surface area (Å²) in [4.78, 5) is 12.6. The minimum Gasteiger partial charge on any atom is -0.479 e. The van der Waals surface area contributed by atoms with Crippen LogP contribution >= 0.6 is 0 Å². The molecule has 198 valence electrons. The minimum absolute atomic E-state index is 0.187. The first-order valence-corrected chi connectivity index (χ1v) is 13.5. The van der Waals surface area contributed by atoms with Gasteiger partial charge in [0.2, 0.25) is 0 Å². The van der Waals surface area contributed by atoms with Crippen molar-refractivity contribution in [1.82, 2.24) is 10.6 Å². The van der Waals surface area contributed by atoms with Crippen LogP contribution in [0, 0.1) is 10.8 Å². The molecule has 5 nitrogen and oxygen atoms in total. The van der Waals surface area contributed by atoms with E-state index >= 15 is 0 Å². The Morgan fingerprint density at radius 2 is 1.49 bits per heavy atom. The van der Waals surface area contributed by atoms with Gasteiger partial charge in [0, 0.05) is 10.8 Å².